The van der Waals surface area contributed by atoms with Crippen LogP contribution in [0.25, 0.3) is 0 Å². The quantitative estimate of drug-likeness (QED) is 0.514. The van der Waals surface area contributed by atoms with E-state index in [4.69, 9.17) is 16.3 Å². The second-order valence-corrected chi connectivity index (χ2v) is 10.0. The Morgan fingerprint density at radius 2 is 1.76 bits per heavy atom. The van der Waals surface area contributed by atoms with Gasteiger partial charge in [-0.2, -0.15) is 0 Å². The van der Waals surface area contributed by atoms with E-state index in [2.05, 4.69) is 18.7 Å². The maximum Gasteiger partial charge on any atom is 0.260 e. The van der Waals surface area contributed by atoms with Crippen molar-refractivity contribution >= 4 is 17.5 Å². The molecule has 2 aromatic carbocycles. The zero-order valence-electron chi connectivity index (χ0n) is 19.6. The van der Waals surface area contributed by atoms with Crippen LogP contribution in [0.2, 0.25) is 5.02 Å². The van der Waals surface area contributed by atoms with Gasteiger partial charge in [0, 0.05) is 36.7 Å². The van der Waals surface area contributed by atoms with E-state index in [1.54, 1.807) is 0 Å². The SMILES string of the molecule is C[C@@H]1CN(Cc2ccc(F)cc2)[C@@H](C)CN1C(=O)COc1ccc(Cl)cc1C1CCCCC1. The summed E-state index contributed by atoms with van der Waals surface area (Å²) in [4.78, 5) is 17.4. The van der Waals surface area contributed by atoms with Gasteiger partial charge >= 0.3 is 0 Å². The average molecular weight is 473 g/mol. The van der Waals surface area contributed by atoms with Gasteiger partial charge in [0.25, 0.3) is 5.91 Å². The van der Waals surface area contributed by atoms with Crippen molar-refractivity contribution in [1.29, 1.82) is 0 Å². The van der Waals surface area contributed by atoms with Crippen molar-refractivity contribution in [2.45, 2.75) is 70.5 Å². The van der Waals surface area contributed by atoms with Crippen LogP contribution in [-0.2, 0) is 11.3 Å². The smallest absolute Gasteiger partial charge is 0.260 e. The number of halogens is 2. The molecule has 0 bridgehead atoms. The molecule has 1 aliphatic heterocycles. The molecule has 0 spiro atoms. The lowest BCUT2D eigenvalue weighted by molar-refractivity contribution is -0.139. The first-order valence-electron chi connectivity index (χ1n) is 12.1. The van der Waals surface area contributed by atoms with Crippen LogP contribution in [0.1, 0.15) is 63.0 Å². The average Bonchev–Trinajstić information content (AvgIpc) is 2.82. The van der Waals surface area contributed by atoms with Gasteiger partial charge in [-0.15, -0.1) is 0 Å². The van der Waals surface area contributed by atoms with Crippen molar-refractivity contribution in [3.63, 3.8) is 0 Å². The predicted molar refractivity (Wildman–Crippen MR) is 130 cm³/mol. The Hall–Kier alpha value is -2.11. The fourth-order valence-corrected chi connectivity index (χ4v) is 5.38. The van der Waals surface area contributed by atoms with E-state index in [1.165, 1.54) is 31.4 Å². The van der Waals surface area contributed by atoms with Gasteiger partial charge in [0.2, 0.25) is 0 Å². The first-order valence-corrected chi connectivity index (χ1v) is 12.5. The van der Waals surface area contributed by atoms with Crippen molar-refractivity contribution in [3.05, 3.63) is 64.4 Å². The number of piperazine rings is 1. The summed E-state index contributed by atoms with van der Waals surface area (Å²) in [6.45, 7) is 6.43. The van der Waals surface area contributed by atoms with E-state index in [1.807, 2.05) is 35.2 Å². The highest BCUT2D eigenvalue weighted by atomic mass is 35.5. The molecule has 1 aliphatic carbocycles. The number of nitrogens with zero attached hydrogens (tertiary/aromatic N) is 2. The monoisotopic (exact) mass is 472 g/mol. The summed E-state index contributed by atoms with van der Waals surface area (Å²) >= 11 is 6.28. The highest BCUT2D eigenvalue weighted by Gasteiger charge is 2.32. The number of carbonyl (C=O) groups excluding carboxylic acids is 1. The lowest BCUT2D eigenvalue weighted by Crippen LogP contribution is -2.58. The fourth-order valence-electron chi connectivity index (χ4n) is 5.20. The maximum atomic E-state index is 13.2. The molecule has 2 atom stereocenters. The second-order valence-electron chi connectivity index (χ2n) is 9.61. The van der Waals surface area contributed by atoms with E-state index < -0.39 is 0 Å². The summed E-state index contributed by atoms with van der Waals surface area (Å²) in [5.74, 6) is 1.04. The summed E-state index contributed by atoms with van der Waals surface area (Å²) in [5, 5.41) is 0.717. The molecule has 2 aliphatic rings. The van der Waals surface area contributed by atoms with E-state index in [-0.39, 0.29) is 30.4 Å². The molecule has 0 N–H and O–H groups in total. The third-order valence-electron chi connectivity index (χ3n) is 7.10. The first kappa shape index (κ1) is 24.0. The van der Waals surface area contributed by atoms with Crippen molar-refractivity contribution in [2.24, 2.45) is 0 Å². The minimum absolute atomic E-state index is 0.0142. The summed E-state index contributed by atoms with van der Waals surface area (Å²) in [7, 11) is 0. The topological polar surface area (TPSA) is 32.8 Å². The highest BCUT2D eigenvalue weighted by molar-refractivity contribution is 6.30. The van der Waals surface area contributed by atoms with Crippen LogP contribution in [0.5, 0.6) is 5.75 Å². The summed E-state index contributed by atoms with van der Waals surface area (Å²) < 4.78 is 19.3. The van der Waals surface area contributed by atoms with Crippen molar-refractivity contribution in [1.82, 2.24) is 9.80 Å². The molecule has 4 rings (SSSR count). The maximum absolute atomic E-state index is 13.2. The number of ether oxygens (including phenoxy) is 1. The molecule has 1 heterocycles. The normalized spacial score (nSPS) is 22.4. The van der Waals surface area contributed by atoms with Crippen LogP contribution in [0.3, 0.4) is 0 Å². The van der Waals surface area contributed by atoms with Crippen LogP contribution in [0, 0.1) is 5.82 Å². The molecular weight excluding hydrogens is 439 g/mol. The summed E-state index contributed by atoms with van der Waals surface area (Å²) in [5.41, 5.74) is 2.22. The standard InChI is InChI=1S/C27H34ClFN2O2/c1-19-16-31(20(2)15-30(19)17-21-8-11-24(29)12-9-21)27(32)18-33-26-13-10-23(28)14-25(26)22-6-4-3-5-7-22/h8-14,19-20,22H,3-7,15-18H2,1-2H3/t19-,20+/m0/s1. The fraction of sp³-hybridized carbons (Fsp3) is 0.519. The number of hydrogen-bond donors (Lipinski definition) is 0. The minimum Gasteiger partial charge on any atom is -0.483 e. The van der Waals surface area contributed by atoms with Gasteiger partial charge in [-0.05, 0) is 74.1 Å². The number of benzene rings is 2. The van der Waals surface area contributed by atoms with Gasteiger partial charge in [0.15, 0.2) is 6.61 Å². The van der Waals surface area contributed by atoms with Gasteiger partial charge < -0.3 is 9.64 Å². The van der Waals surface area contributed by atoms with Crippen molar-refractivity contribution < 1.29 is 13.9 Å². The molecule has 1 saturated heterocycles. The van der Waals surface area contributed by atoms with Gasteiger partial charge in [-0.25, -0.2) is 4.39 Å². The van der Waals surface area contributed by atoms with Crippen molar-refractivity contribution in [2.75, 3.05) is 19.7 Å². The van der Waals surface area contributed by atoms with Crippen LogP contribution >= 0.6 is 11.6 Å². The molecular formula is C27H34ClFN2O2. The Labute approximate surface area is 201 Å². The minimum atomic E-state index is -0.220. The van der Waals surface area contributed by atoms with Gasteiger partial charge in [0.1, 0.15) is 11.6 Å². The lowest BCUT2D eigenvalue weighted by atomic mass is 9.84. The number of amides is 1. The predicted octanol–water partition coefficient (Wildman–Crippen LogP) is 6.03. The third-order valence-corrected chi connectivity index (χ3v) is 7.34. The Bertz CT molecular complexity index is 946. The second kappa shape index (κ2) is 10.9. The molecule has 0 aromatic heterocycles. The molecule has 0 radical (unpaired) electrons. The Morgan fingerprint density at radius 3 is 2.48 bits per heavy atom. The molecule has 4 nitrogen and oxygen atoms in total. The molecule has 33 heavy (non-hydrogen) atoms. The first-order chi connectivity index (χ1) is 15.9. The third kappa shape index (κ3) is 6.07. The summed E-state index contributed by atoms with van der Waals surface area (Å²) in [6.07, 6.45) is 6.04. The number of rotatable bonds is 6. The van der Waals surface area contributed by atoms with Crippen LogP contribution < -0.4 is 4.74 Å². The Kier molecular flexibility index (Phi) is 7.92. The van der Waals surface area contributed by atoms with E-state index >= 15 is 0 Å². The van der Waals surface area contributed by atoms with Crippen LogP contribution in [-0.4, -0.2) is 47.5 Å². The van der Waals surface area contributed by atoms with Gasteiger partial charge in [-0.3, -0.25) is 9.69 Å². The molecule has 2 aromatic rings. The molecule has 2 fully saturated rings. The van der Waals surface area contributed by atoms with E-state index in [9.17, 15) is 9.18 Å². The lowest BCUT2D eigenvalue weighted by Gasteiger charge is -2.44. The zero-order chi connectivity index (χ0) is 23.4. The molecule has 6 heteroatoms. The number of hydrogen-bond acceptors (Lipinski definition) is 3. The largest absolute Gasteiger partial charge is 0.483 e. The molecule has 1 saturated carbocycles. The Morgan fingerprint density at radius 1 is 1.03 bits per heavy atom. The van der Waals surface area contributed by atoms with Crippen molar-refractivity contribution in [3.8, 4) is 5.75 Å². The van der Waals surface area contributed by atoms with Gasteiger partial charge in [-0.1, -0.05) is 43.0 Å². The number of carbonyl (C=O) groups is 1. The summed E-state index contributed by atoms with van der Waals surface area (Å²) in [6, 6.07) is 12.7. The van der Waals surface area contributed by atoms with Crippen LogP contribution in [0.15, 0.2) is 42.5 Å². The van der Waals surface area contributed by atoms with Gasteiger partial charge in [0.05, 0.1) is 0 Å². The molecule has 1 amide bonds. The molecule has 0 unspecified atom stereocenters. The molecule has 178 valence electrons. The Balaban J connectivity index is 1.36. The van der Waals surface area contributed by atoms with E-state index in [0.29, 0.717) is 17.5 Å². The zero-order valence-corrected chi connectivity index (χ0v) is 20.4. The van der Waals surface area contributed by atoms with Crippen LogP contribution in [0.4, 0.5) is 4.39 Å². The van der Waals surface area contributed by atoms with E-state index in [0.717, 1.165) is 42.8 Å². The highest BCUT2D eigenvalue weighted by Crippen LogP contribution is 2.38.